The molecule has 0 radical (unpaired) electrons. The molecule has 1 aromatic heterocycles. The zero-order chi connectivity index (χ0) is 22.1. The minimum Gasteiger partial charge on any atom is -0.396 e. The molecule has 31 heavy (non-hydrogen) atoms. The first-order valence-corrected chi connectivity index (χ1v) is 11.6. The van der Waals surface area contributed by atoms with Crippen LogP contribution in [0.4, 0.5) is 0 Å². The number of morpholine rings is 1. The van der Waals surface area contributed by atoms with Crippen LogP contribution < -0.4 is 10.9 Å². The number of hydrogen-bond acceptors (Lipinski definition) is 5. The number of aromatic nitrogens is 1. The number of aliphatic hydroxyl groups excluding tert-OH is 1. The monoisotopic (exact) mass is 446 g/mol. The van der Waals surface area contributed by atoms with Gasteiger partial charge in [0.15, 0.2) is 5.11 Å². The Morgan fingerprint density at radius 3 is 2.84 bits per heavy atom. The number of H-pyrrole nitrogens is 1. The van der Waals surface area contributed by atoms with E-state index in [0.29, 0.717) is 30.2 Å². The molecule has 2 aromatic rings. The predicted molar refractivity (Wildman–Crippen MR) is 129 cm³/mol. The van der Waals surface area contributed by atoms with Crippen molar-refractivity contribution in [3.8, 4) is 0 Å². The summed E-state index contributed by atoms with van der Waals surface area (Å²) < 4.78 is 5.39. The lowest BCUT2D eigenvalue weighted by Gasteiger charge is -2.28. The van der Waals surface area contributed by atoms with E-state index in [1.165, 1.54) is 5.56 Å². The van der Waals surface area contributed by atoms with Crippen molar-refractivity contribution in [3.05, 3.63) is 45.7 Å². The topological polar surface area (TPSA) is 80.8 Å². The van der Waals surface area contributed by atoms with E-state index < -0.39 is 0 Å². The molecule has 1 aromatic carbocycles. The average molecular weight is 447 g/mol. The van der Waals surface area contributed by atoms with Crippen LogP contribution in [0.2, 0.25) is 0 Å². The highest BCUT2D eigenvalue weighted by atomic mass is 32.1. The van der Waals surface area contributed by atoms with Crippen LogP contribution in [0.1, 0.15) is 30.9 Å². The third-order valence-corrected chi connectivity index (χ3v) is 6.06. The van der Waals surface area contributed by atoms with E-state index in [1.54, 1.807) is 0 Å². The maximum absolute atomic E-state index is 12.6. The van der Waals surface area contributed by atoms with Gasteiger partial charge in [-0.05, 0) is 67.2 Å². The van der Waals surface area contributed by atoms with Crippen molar-refractivity contribution in [1.82, 2.24) is 20.1 Å². The van der Waals surface area contributed by atoms with Gasteiger partial charge in [-0.25, -0.2) is 0 Å². The summed E-state index contributed by atoms with van der Waals surface area (Å²) in [5, 5.41) is 14.3. The predicted octanol–water partition coefficient (Wildman–Crippen LogP) is 1.87. The Hall–Kier alpha value is -2.00. The number of rotatable bonds is 10. The second-order valence-corrected chi connectivity index (χ2v) is 8.32. The van der Waals surface area contributed by atoms with Gasteiger partial charge in [-0.3, -0.25) is 9.69 Å². The lowest BCUT2D eigenvalue weighted by atomic mass is 10.1. The van der Waals surface area contributed by atoms with Gasteiger partial charge in [-0.15, -0.1) is 0 Å². The molecule has 0 spiro atoms. The van der Waals surface area contributed by atoms with Crippen LogP contribution in [0, 0.1) is 0 Å². The standard InChI is InChI=1S/C23H34N4O3S/c1-2-18-5-6-21-19(15-18)16-20(22(29)25-21)17-27(9-4-12-28)23(31)24-7-3-8-26-10-13-30-14-11-26/h5-6,15-16,28H,2-4,7-14,17H2,1H3,(H,24,31)(H,25,29). The fraction of sp³-hybridized carbons (Fsp3) is 0.565. The molecule has 7 nitrogen and oxygen atoms in total. The van der Waals surface area contributed by atoms with Crippen LogP contribution >= 0.6 is 12.2 Å². The Balaban J connectivity index is 1.62. The molecule has 0 saturated carbocycles. The summed E-state index contributed by atoms with van der Waals surface area (Å²) in [5.41, 5.74) is 2.66. The van der Waals surface area contributed by atoms with Crippen LogP contribution in [0.15, 0.2) is 29.1 Å². The van der Waals surface area contributed by atoms with Crippen molar-refractivity contribution < 1.29 is 9.84 Å². The van der Waals surface area contributed by atoms with E-state index in [4.69, 9.17) is 17.0 Å². The average Bonchev–Trinajstić information content (AvgIpc) is 2.80. The number of thiocarbonyl (C=S) groups is 1. The van der Waals surface area contributed by atoms with Crippen molar-refractivity contribution >= 4 is 28.2 Å². The highest BCUT2D eigenvalue weighted by Gasteiger charge is 2.14. The van der Waals surface area contributed by atoms with E-state index in [0.717, 1.165) is 63.1 Å². The number of pyridine rings is 1. The quantitative estimate of drug-likeness (QED) is 0.380. The van der Waals surface area contributed by atoms with Gasteiger partial charge < -0.3 is 25.0 Å². The lowest BCUT2D eigenvalue weighted by molar-refractivity contribution is 0.0376. The summed E-state index contributed by atoms with van der Waals surface area (Å²) >= 11 is 5.62. The minimum absolute atomic E-state index is 0.0874. The van der Waals surface area contributed by atoms with E-state index in [-0.39, 0.29) is 12.2 Å². The first-order chi connectivity index (χ1) is 15.1. The number of aliphatic hydroxyl groups is 1. The third-order valence-electron chi connectivity index (χ3n) is 5.66. The van der Waals surface area contributed by atoms with Crippen molar-refractivity contribution in [1.29, 1.82) is 0 Å². The summed E-state index contributed by atoms with van der Waals surface area (Å²) in [6.45, 7) is 8.59. The zero-order valence-electron chi connectivity index (χ0n) is 18.4. The molecule has 2 heterocycles. The molecule has 0 bridgehead atoms. The van der Waals surface area contributed by atoms with Crippen LogP contribution in [0.3, 0.4) is 0 Å². The number of aromatic amines is 1. The highest BCUT2D eigenvalue weighted by molar-refractivity contribution is 7.80. The van der Waals surface area contributed by atoms with E-state index in [9.17, 15) is 9.90 Å². The van der Waals surface area contributed by atoms with Crippen molar-refractivity contribution in [2.24, 2.45) is 0 Å². The van der Waals surface area contributed by atoms with Gasteiger partial charge >= 0.3 is 0 Å². The minimum atomic E-state index is -0.0964. The first kappa shape index (κ1) is 23.7. The highest BCUT2D eigenvalue weighted by Crippen LogP contribution is 2.15. The summed E-state index contributed by atoms with van der Waals surface area (Å²) in [5.74, 6) is 0. The van der Waals surface area contributed by atoms with Gasteiger partial charge in [0.25, 0.3) is 5.56 Å². The largest absolute Gasteiger partial charge is 0.396 e. The smallest absolute Gasteiger partial charge is 0.253 e. The summed E-state index contributed by atoms with van der Waals surface area (Å²) in [7, 11) is 0. The van der Waals surface area contributed by atoms with Gasteiger partial charge in [0.1, 0.15) is 0 Å². The number of ether oxygens (including phenoxy) is 1. The molecule has 3 rings (SSSR count). The van der Waals surface area contributed by atoms with Gasteiger partial charge in [0.2, 0.25) is 0 Å². The molecule has 0 unspecified atom stereocenters. The Morgan fingerprint density at radius 1 is 1.29 bits per heavy atom. The van der Waals surface area contributed by atoms with Gasteiger partial charge in [0.05, 0.1) is 19.8 Å². The number of aryl methyl sites for hydroxylation is 1. The molecule has 0 aliphatic carbocycles. The van der Waals surface area contributed by atoms with Crippen molar-refractivity contribution in [2.45, 2.75) is 32.7 Å². The Kier molecular flexibility index (Phi) is 9.27. The molecule has 3 N–H and O–H groups in total. The zero-order valence-corrected chi connectivity index (χ0v) is 19.2. The lowest BCUT2D eigenvalue weighted by Crippen LogP contribution is -2.42. The second kappa shape index (κ2) is 12.1. The van der Waals surface area contributed by atoms with Gasteiger partial charge in [-0.1, -0.05) is 13.0 Å². The van der Waals surface area contributed by atoms with E-state index >= 15 is 0 Å². The fourth-order valence-electron chi connectivity index (χ4n) is 3.79. The molecule has 0 atom stereocenters. The van der Waals surface area contributed by atoms with Crippen LogP contribution in [0.5, 0.6) is 0 Å². The van der Waals surface area contributed by atoms with Crippen LogP contribution in [-0.4, -0.2) is 77.5 Å². The number of nitrogens with one attached hydrogen (secondary N) is 2. The van der Waals surface area contributed by atoms with Crippen molar-refractivity contribution in [3.63, 3.8) is 0 Å². The van der Waals surface area contributed by atoms with Gasteiger partial charge in [-0.2, -0.15) is 0 Å². The maximum Gasteiger partial charge on any atom is 0.253 e. The SMILES string of the molecule is CCc1ccc2[nH]c(=O)c(CN(CCCO)C(=S)NCCCN3CCOCC3)cc2c1. The summed E-state index contributed by atoms with van der Waals surface area (Å²) in [6.07, 6.45) is 2.54. The second-order valence-electron chi connectivity index (χ2n) is 7.94. The molecule has 1 aliphatic rings. The Morgan fingerprint density at radius 2 is 2.10 bits per heavy atom. The normalized spacial score (nSPS) is 14.6. The number of benzene rings is 1. The first-order valence-electron chi connectivity index (χ1n) is 11.2. The van der Waals surface area contributed by atoms with E-state index in [2.05, 4.69) is 28.2 Å². The molecule has 1 aliphatic heterocycles. The molecule has 0 amide bonds. The fourth-order valence-corrected chi connectivity index (χ4v) is 4.05. The molecule has 1 saturated heterocycles. The molecular weight excluding hydrogens is 412 g/mol. The van der Waals surface area contributed by atoms with Gasteiger partial charge in [0, 0.05) is 43.9 Å². The third kappa shape index (κ3) is 7.00. The van der Waals surface area contributed by atoms with Crippen LogP contribution in [-0.2, 0) is 17.7 Å². The summed E-state index contributed by atoms with van der Waals surface area (Å²) in [4.78, 5) is 20.0. The number of hydrogen-bond donors (Lipinski definition) is 3. The van der Waals surface area contributed by atoms with Crippen molar-refractivity contribution in [2.75, 3.05) is 52.5 Å². The maximum atomic E-state index is 12.6. The Bertz CT molecular complexity index is 911. The summed E-state index contributed by atoms with van der Waals surface area (Å²) in [6, 6.07) is 8.08. The molecular formula is C23H34N4O3S. The Labute approximate surface area is 189 Å². The number of fused-ring (bicyclic) bond motifs is 1. The molecule has 170 valence electrons. The molecule has 8 heteroatoms. The van der Waals surface area contributed by atoms with E-state index in [1.807, 2.05) is 23.1 Å². The number of nitrogens with zero attached hydrogens (tertiary/aromatic N) is 2. The van der Waals surface area contributed by atoms with Crippen LogP contribution in [0.25, 0.3) is 10.9 Å². The molecule has 1 fully saturated rings.